The van der Waals surface area contributed by atoms with Crippen molar-refractivity contribution in [3.63, 3.8) is 0 Å². The summed E-state index contributed by atoms with van der Waals surface area (Å²) in [5.74, 6) is 0. The van der Waals surface area contributed by atoms with Crippen molar-refractivity contribution in [3.05, 3.63) is 46.7 Å². The normalized spacial score (nSPS) is 10.3. The molecule has 0 aliphatic rings. The number of hydrogen-bond donors (Lipinski definition) is 0. The molecule has 0 N–H and O–H groups in total. The fourth-order valence-electron chi connectivity index (χ4n) is 1.00. The summed E-state index contributed by atoms with van der Waals surface area (Å²) in [7, 11) is 0. The van der Waals surface area contributed by atoms with Gasteiger partial charge in [-0.3, -0.25) is 0 Å². The number of aromatic nitrogens is 2. The molecule has 0 spiro atoms. The van der Waals surface area contributed by atoms with Gasteiger partial charge in [0.1, 0.15) is 0 Å². The van der Waals surface area contributed by atoms with Gasteiger partial charge in [0.25, 0.3) is 0 Å². The predicted molar refractivity (Wildman–Crippen MR) is 52.4 cm³/mol. The van der Waals surface area contributed by atoms with E-state index in [4.69, 9.17) is 23.2 Å². The number of nitrogens with zero attached hydrogens (tertiary/aromatic N) is 2. The molecule has 0 aliphatic heterocycles. The van der Waals surface area contributed by atoms with E-state index in [1.807, 2.05) is 6.07 Å². The van der Waals surface area contributed by atoms with E-state index in [0.29, 0.717) is 10.0 Å². The molecule has 2 nitrogen and oxygen atoms in total. The van der Waals surface area contributed by atoms with E-state index in [2.05, 4.69) is 11.2 Å². The van der Waals surface area contributed by atoms with Crippen molar-refractivity contribution in [2.24, 2.45) is 0 Å². The van der Waals surface area contributed by atoms with E-state index in [0.717, 1.165) is 5.69 Å². The van der Waals surface area contributed by atoms with Gasteiger partial charge < -0.3 is 0 Å². The largest absolute Gasteiger partial charge is 0.240 e. The Morgan fingerprint density at radius 3 is 2.69 bits per heavy atom. The van der Waals surface area contributed by atoms with Crippen LogP contribution in [0, 0.1) is 6.07 Å². The molecule has 0 atom stereocenters. The second-order valence-electron chi connectivity index (χ2n) is 2.48. The van der Waals surface area contributed by atoms with Gasteiger partial charge in [0.2, 0.25) is 0 Å². The quantitative estimate of drug-likeness (QED) is 0.710. The number of hydrogen-bond acceptors (Lipinski definition) is 1. The van der Waals surface area contributed by atoms with Crippen LogP contribution in [-0.2, 0) is 0 Å². The summed E-state index contributed by atoms with van der Waals surface area (Å²) < 4.78 is 1.67. The van der Waals surface area contributed by atoms with E-state index >= 15 is 0 Å². The van der Waals surface area contributed by atoms with E-state index in [1.54, 1.807) is 29.2 Å². The highest BCUT2D eigenvalue weighted by molar-refractivity contribution is 6.42. The predicted octanol–water partition coefficient (Wildman–Crippen LogP) is 2.98. The highest BCUT2D eigenvalue weighted by atomic mass is 35.5. The average molecular weight is 212 g/mol. The highest BCUT2D eigenvalue weighted by Gasteiger charge is 2.00. The monoisotopic (exact) mass is 211 g/mol. The minimum Gasteiger partial charge on any atom is -0.240 e. The second-order valence-corrected chi connectivity index (χ2v) is 3.30. The van der Waals surface area contributed by atoms with Crippen LogP contribution in [-0.4, -0.2) is 9.78 Å². The second kappa shape index (κ2) is 3.40. The fraction of sp³-hybridized carbons (Fsp3) is 0. The first-order valence-electron chi connectivity index (χ1n) is 3.63. The van der Waals surface area contributed by atoms with Gasteiger partial charge in [-0.1, -0.05) is 23.2 Å². The molecule has 0 fully saturated rings. The average Bonchev–Trinajstić information content (AvgIpc) is 2.62. The summed E-state index contributed by atoms with van der Waals surface area (Å²) >= 11 is 11.6. The first-order valence-corrected chi connectivity index (χ1v) is 4.39. The third kappa shape index (κ3) is 1.69. The molecule has 1 heterocycles. The summed E-state index contributed by atoms with van der Waals surface area (Å²) in [6.45, 7) is 0. The van der Waals surface area contributed by atoms with Gasteiger partial charge >= 0.3 is 0 Å². The molecule has 0 saturated heterocycles. The summed E-state index contributed by atoms with van der Waals surface area (Å²) in [5, 5.41) is 5.08. The topological polar surface area (TPSA) is 17.8 Å². The van der Waals surface area contributed by atoms with Gasteiger partial charge in [-0.15, -0.1) is 0 Å². The lowest BCUT2D eigenvalue weighted by Gasteiger charge is -2.02. The van der Waals surface area contributed by atoms with Crippen molar-refractivity contribution in [3.8, 4) is 5.69 Å². The SMILES string of the molecule is Clc1ccc(-n2c[c]cn2)cc1Cl. The zero-order valence-electron chi connectivity index (χ0n) is 6.54. The van der Waals surface area contributed by atoms with E-state index in [-0.39, 0.29) is 0 Å². The molecule has 1 radical (unpaired) electrons. The molecule has 13 heavy (non-hydrogen) atoms. The van der Waals surface area contributed by atoms with Crippen molar-refractivity contribution in [2.45, 2.75) is 0 Å². The van der Waals surface area contributed by atoms with Gasteiger partial charge in [0, 0.05) is 12.3 Å². The first-order chi connectivity index (χ1) is 6.27. The third-order valence-corrected chi connectivity index (χ3v) is 2.36. The first kappa shape index (κ1) is 8.60. The lowest BCUT2D eigenvalue weighted by Crippen LogP contribution is -1.93. The van der Waals surface area contributed by atoms with Gasteiger partial charge in [-0.05, 0) is 18.2 Å². The molecule has 0 bridgehead atoms. The smallest absolute Gasteiger partial charge is 0.0661 e. The van der Waals surface area contributed by atoms with E-state index < -0.39 is 0 Å². The molecule has 1 aromatic carbocycles. The van der Waals surface area contributed by atoms with Crippen LogP contribution in [0.4, 0.5) is 0 Å². The van der Waals surface area contributed by atoms with Gasteiger partial charge in [-0.25, -0.2) is 4.68 Å². The van der Waals surface area contributed by atoms with Crippen LogP contribution >= 0.6 is 23.2 Å². The van der Waals surface area contributed by atoms with Crippen LogP contribution in [0.3, 0.4) is 0 Å². The lowest BCUT2D eigenvalue weighted by molar-refractivity contribution is 0.880. The Hall–Kier alpha value is -0.990. The minimum absolute atomic E-state index is 0.523. The molecule has 0 unspecified atom stereocenters. The summed E-state index contributed by atoms with van der Waals surface area (Å²) in [6.07, 6.45) is 3.31. The van der Waals surface area contributed by atoms with Crippen molar-refractivity contribution in [1.29, 1.82) is 0 Å². The van der Waals surface area contributed by atoms with Crippen LogP contribution in [0.2, 0.25) is 10.0 Å². The molecule has 4 heteroatoms. The maximum atomic E-state index is 5.85. The molecule has 2 aromatic rings. The van der Waals surface area contributed by atoms with Crippen molar-refractivity contribution >= 4 is 23.2 Å². The molecule has 0 aliphatic carbocycles. The maximum Gasteiger partial charge on any atom is 0.0661 e. The van der Waals surface area contributed by atoms with Crippen molar-refractivity contribution in [2.75, 3.05) is 0 Å². The zero-order valence-corrected chi connectivity index (χ0v) is 8.05. The molecule has 2 rings (SSSR count). The van der Waals surface area contributed by atoms with E-state index in [9.17, 15) is 0 Å². The molecular formula is C9H5Cl2N2. The number of halogens is 2. The summed E-state index contributed by atoms with van der Waals surface area (Å²) in [5.41, 5.74) is 0.871. The Morgan fingerprint density at radius 2 is 2.08 bits per heavy atom. The van der Waals surface area contributed by atoms with Crippen LogP contribution in [0.1, 0.15) is 0 Å². The molecule has 0 amide bonds. The third-order valence-electron chi connectivity index (χ3n) is 1.62. The number of rotatable bonds is 1. The van der Waals surface area contributed by atoms with Crippen LogP contribution < -0.4 is 0 Å². The Labute approximate surface area is 85.7 Å². The Morgan fingerprint density at radius 1 is 1.23 bits per heavy atom. The van der Waals surface area contributed by atoms with Gasteiger partial charge in [-0.2, -0.15) is 5.10 Å². The highest BCUT2D eigenvalue weighted by Crippen LogP contribution is 2.23. The van der Waals surface area contributed by atoms with Gasteiger partial charge in [0.05, 0.1) is 21.9 Å². The molecule has 1 aromatic heterocycles. The maximum absolute atomic E-state index is 5.85. The van der Waals surface area contributed by atoms with Crippen molar-refractivity contribution in [1.82, 2.24) is 9.78 Å². The lowest BCUT2D eigenvalue weighted by atomic mass is 10.3. The van der Waals surface area contributed by atoms with Crippen LogP contribution in [0.5, 0.6) is 0 Å². The zero-order chi connectivity index (χ0) is 9.26. The minimum atomic E-state index is 0.523. The Balaban J connectivity index is 2.49. The Kier molecular flexibility index (Phi) is 2.25. The van der Waals surface area contributed by atoms with E-state index in [1.165, 1.54) is 0 Å². The summed E-state index contributed by atoms with van der Waals surface area (Å²) in [6, 6.07) is 8.17. The van der Waals surface area contributed by atoms with Gasteiger partial charge in [0.15, 0.2) is 0 Å². The number of benzene rings is 1. The molecule has 65 valence electrons. The summed E-state index contributed by atoms with van der Waals surface area (Å²) in [4.78, 5) is 0. The fourth-order valence-corrected chi connectivity index (χ4v) is 1.29. The molecular weight excluding hydrogens is 207 g/mol. The van der Waals surface area contributed by atoms with Crippen molar-refractivity contribution < 1.29 is 0 Å². The van der Waals surface area contributed by atoms with Crippen LogP contribution in [0.15, 0.2) is 30.6 Å². The molecule has 0 saturated carbocycles. The standard InChI is InChI=1S/C9H5Cl2N2/c10-8-3-2-7(6-9(8)11)13-5-1-4-12-13/h2-6H. The Bertz CT molecular complexity index is 410. The van der Waals surface area contributed by atoms with Crippen LogP contribution in [0.25, 0.3) is 5.69 Å².